The van der Waals surface area contributed by atoms with E-state index in [1.807, 2.05) is 28.6 Å². The molecule has 0 bridgehead atoms. The van der Waals surface area contributed by atoms with Crippen molar-refractivity contribution in [1.82, 2.24) is 4.57 Å². The second-order valence-electron chi connectivity index (χ2n) is 7.77. The molecule has 0 saturated heterocycles. The fourth-order valence-electron chi connectivity index (χ4n) is 2.34. The van der Waals surface area contributed by atoms with Crippen LogP contribution in [-0.2, 0) is 17.9 Å². The van der Waals surface area contributed by atoms with E-state index in [0.717, 1.165) is 11.3 Å². The molecule has 3 nitrogen and oxygen atoms in total. The average molecular weight is 286 g/mol. The molecule has 21 heavy (non-hydrogen) atoms. The highest BCUT2D eigenvalue weighted by Gasteiger charge is 2.25. The number of rotatable bonds is 1. The number of aryl methyl sites for hydroxylation is 1. The first-order valence-electron chi connectivity index (χ1n) is 7.35. The van der Waals surface area contributed by atoms with Gasteiger partial charge >= 0.3 is 0 Å². The van der Waals surface area contributed by atoms with Crippen LogP contribution in [0.15, 0.2) is 24.5 Å². The van der Waals surface area contributed by atoms with Crippen LogP contribution >= 0.6 is 0 Å². The summed E-state index contributed by atoms with van der Waals surface area (Å²) in [6, 6.07) is 4.18. The van der Waals surface area contributed by atoms with E-state index in [0.29, 0.717) is 5.75 Å². The van der Waals surface area contributed by atoms with Gasteiger partial charge in [-0.3, -0.25) is 0 Å². The fraction of sp³-hybridized carbons (Fsp3) is 0.500. The molecule has 114 valence electrons. The van der Waals surface area contributed by atoms with Gasteiger partial charge in [0, 0.05) is 12.4 Å². The molecule has 0 spiro atoms. The van der Waals surface area contributed by atoms with Gasteiger partial charge in [0.15, 0.2) is 0 Å². The van der Waals surface area contributed by atoms with Crippen LogP contribution in [0.3, 0.4) is 0 Å². The highest BCUT2D eigenvalue weighted by Crippen LogP contribution is 2.37. The Morgan fingerprint density at radius 1 is 1.05 bits per heavy atom. The third-order valence-electron chi connectivity index (χ3n) is 3.73. The standard InChI is InChI=1S/C18H26N2O/c1-17(2,3)13-10-14(18(4,5)6)16(21)15(11-13)20-9-8-19(7)12-20/h8-11,21H,1-7H3. The smallest absolute Gasteiger partial charge is 0.243 e. The number of aromatic nitrogens is 2. The second kappa shape index (κ2) is 4.90. The Morgan fingerprint density at radius 2 is 1.67 bits per heavy atom. The van der Waals surface area contributed by atoms with Crippen LogP contribution in [0, 0.1) is 6.33 Å². The van der Waals surface area contributed by atoms with E-state index in [1.165, 1.54) is 5.56 Å². The minimum Gasteiger partial charge on any atom is -0.513 e. The molecule has 0 fully saturated rings. The van der Waals surface area contributed by atoms with E-state index in [-0.39, 0.29) is 10.8 Å². The predicted molar refractivity (Wildman–Crippen MR) is 84.8 cm³/mol. The summed E-state index contributed by atoms with van der Waals surface area (Å²) < 4.78 is 3.69. The van der Waals surface area contributed by atoms with Crippen LogP contribution in [0.25, 0.3) is 5.69 Å². The number of phenolic OH excluding ortho intramolecular Hbond substituents is 1. The lowest BCUT2D eigenvalue weighted by atomic mass is 9.79. The minimum atomic E-state index is -0.116. The zero-order valence-electron chi connectivity index (χ0n) is 14.2. The number of nitrogens with zero attached hydrogens (tertiary/aromatic N) is 2. The first kappa shape index (κ1) is 15.6. The van der Waals surface area contributed by atoms with Gasteiger partial charge in [-0.2, -0.15) is 0 Å². The van der Waals surface area contributed by atoms with Crippen LogP contribution in [0.4, 0.5) is 0 Å². The maximum atomic E-state index is 10.7. The Hall–Kier alpha value is -1.77. The van der Waals surface area contributed by atoms with Gasteiger partial charge in [0.25, 0.3) is 0 Å². The molecule has 0 atom stereocenters. The number of phenols is 1. The van der Waals surface area contributed by atoms with Crippen molar-refractivity contribution in [2.45, 2.75) is 52.4 Å². The SMILES string of the molecule is Cn1[c-][n+](-c2cc(C(C)(C)C)cc(C(C)(C)C)c2O)cc1. The molecule has 0 amide bonds. The van der Waals surface area contributed by atoms with E-state index >= 15 is 0 Å². The summed E-state index contributed by atoms with van der Waals surface area (Å²) in [6.07, 6.45) is 6.99. The number of imidazole rings is 1. The summed E-state index contributed by atoms with van der Waals surface area (Å²) in [7, 11) is 1.92. The Kier molecular flexibility index (Phi) is 3.64. The molecular formula is C18H26N2O. The summed E-state index contributed by atoms with van der Waals surface area (Å²) in [5.74, 6) is 0.336. The summed E-state index contributed by atoms with van der Waals surface area (Å²) in [5, 5.41) is 10.7. The Labute approximate surface area is 127 Å². The van der Waals surface area contributed by atoms with Gasteiger partial charge in [0.1, 0.15) is 5.75 Å². The summed E-state index contributed by atoms with van der Waals surface area (Å²) >= 11 is 0. The normalized spacial score (nSPS) is 12.7. The largest absolute Gasteiger partial charge is 0.513 e. The number of aromatic hydroxyl groups is 1. The molecule has 2 rings (SSSR count). The third kappa shape index (κ3) is 3.12. The number of hydrogen-bond donors (Lipinski definition) is 1. The molecule has 0 radical (unpaired) electrons. The first-order valence-corrected chi connectivity index (χ1v) is 7.35. The lowest BCUT2D eigenvalue weighted by Gasteiger charge is -2.28. The molecule has 0 aliphatic rings. The quantitative estimate of drug-likeness (QED) is 0.632. The molecule has 1 aromatic heterocycles. The first-order chi connectivity index (χ1) is 9.50. The molecule has 0 aliphatic carbocycles. The fourth-order valence-corrected chi connectivity index (χ4v) is 2.34. The Morgan fingerprint density at radius 3 is 2.10 bits per heavy atom. The zero-order valence-corrected chi connectivity index (χ0v) is 14.2. The molecule has 0 saturated carbocycles. The second-order valence-corrected chi connectivity index (χ2v) is 7.77. The molecule has 1 aromatic carbocycles. The molecule has 0 aliphatic heterocycles. The summed E-state index contributed by atoms with van der Waals surface area (Å²) in [6.45, 7) is 12.9. The van der Waals surface area contributed by atoms with Gasteiger partial charge in [0.05, 0.1) is 12.7 Å². The topological polar surface area (TPSA) is 29.0 Å². The van der Waals surface area contributed by atoms with Crippen LogP contribution in [0.5, 0.6) is 5.75 Å². The van der Waals surface area contributed by atoms with E-state index in [9.17, 15) is 5.11 Å². The van der Waals surface area contributed by atoms with Crippen LogP contribution in [-0.4, -0.2) is 9.67 Å². The van der Waals surface area contributed by atoms with Crippen molar-refractivity contribution in [3.63, 3.8) is 0 Å². The monoisotopic (exact) mass is 286 g/mol. The molecule has 3 heteroatoms. The lowest BCUT2D eigenvalue weighted by molar-refractivity contribution is -0.600. The van der Waals surface area contributed by atoms with Gasteiger partial charge in [-0.05, 0) is 22.0 Å². The molecule has 1 N–H and O–H groups in total. The maximum absolute atomic E-state index is 10.7. The van der Waals surface area contributed by atoms with Crippen LogP contribution in [0.1, 0.15) is 52.7 Å². The van der Waals surface area contributed by atoms with E-state index in [2.05, 4.69) is 60.0 Å². The Bertz CT molecular complexity index is 655. The summed E-state index contributed by atoms with van der Waals surface area (Å²) in [5.41, 5.74) is 2.88. The molecule has 1 heterocycles. The predicted octanol–water partition coefficient (Wildman–Crippen LogP) is 3.40. The summed E-state index contributed by atoms with van der Waals surface area (Å²) in [4.78, 5) is 0. The van der Waals surface area contributed by atoms with E-state index in [1.54, 1.807) is 0 Å². The van der Waals surface area contributed by atoms with Crippen LogP contribution in [0.2, 0.25) is 0 Å². The van der Waals surface area contributed by atoms with Crippen molar-refractivity contribution in [3.8, 4) is 11.4 Å². The van der Waals surface area contributed by atoms with Crippen molar-refractivity contribution >= 4 is 0 Å². The zero-order chi connectivity index (χ0) is 16.0. The lowest BCUT2D eigenvalue weighted by Crippen LogP contribution is -2.30. The van der Waals surface area contributed by atoms with Gasteiger partial charge in [-0.15, -0.1) is 0 Å². The van der Waals surface area contributed by atoms with Gasteiger partial charge in [-0.1, -0.05) is 53.7 Å². The number of hydrogen-bond acceptors (Lipinski definition) is 1. The van der Waals surface area contributed by atoms with E-state index < -0.39 is 0 Å². The van der Waals surface area contributed by atoms with Crippen molar-refractivity contribution in [1.29, 1.82) is 0 Å². The molecule has 2 aromatic rings. The maximum Gasteiger partial charge on any atom is 0.243 e. The third-order valence-corrected chi connectivity index (χ3v) is 3.73. The van der Waals surface area contributed by atoms with Crippen LogP contribution < -0.4 is 4.57 Å². The number of benzene rings is 1. The van der Waals surface area contributed by atoms with Crippen molar-refractivity contribution in [3.05, 3.63) is 42.0 Å². The van der Waals surface area contributed by atoms with Gasteiger partial charge in [-0.25, -0.2) is 0 Å². The van der Waals surface area contributed by atoms with E-state index in [4.69, 9.17) is 0 Å². The molecule has 0 unspecified atom stereocenters. The average Bonchev–Trinajstić information content (AvgIpc) is 2.72. The minimum absolute atomic E-state index is 0.0256. The Balaban J connectivity index is 2.75. The highest BCUT2D eigenvalue weighted by molar-refractivity contribution is 5.52. The van der Waals surface area contributed by atoms with Crippen molar-refractivity contribution in [2.75, 3.05) is 0 Å². The highest BCUT2D eigenvalue weighted by atomic mass is 16.3. The van der Waals surface area contributed by atoms with Crippen molar-refractivity contribution < 1.29 is 9.67 Å². The van der Waals surface area contributed by atoms with Crippen molar-refractivity contribution in [2.24, 2.45) is 7.05 Å². The van der Waals surface area contributed by atoms with Gasteiger partial charge < -0.3 is 14.2 Å². The molecular weight excluding hydrogens is 260 g/mol. The van der Waals surface area contributed by atoms with Gasteiger partial charge in [0.2, 0.25) is 6.33 Å².